The van der Waals surface area contributed by atoms with E-state index in [0.29, 0.717) is 10.0 Å². The Balaban J connectivity index is 1.96. The standard InChI is InChI=1S/C14H20Cl2N2S/c15-13-3-1-2-11(14(13)16)9-12(18-17)8-10-4-6-19-7-5-10/h1-3,10,12,18H,4-9,17H2. The van der Waals surface area contributed by atoms with Gasteiger partial charge in [0.25, 0.3) is 0 Å². The van der Waals surface area contributed by atoms with E-state index < -0.39 is 0 Å². The summed E-state index contributed by atoms with van der Waals surface area (Å²) < 4.78 is 0. The summed E-state index contributed by atoms with van der Waals surface area (Å²) >= 11 is 14.3. The molecule has 1 saturated heterocycles. The van der Waals surface area contributed by atoms with Crippen molar-refractivity contribution in [3.05, 3.63) is 33.8 Å². The van der Waals surface area contributed by atoms with E-state index in [1.807, 2.05) is 18.2 Å². The lowest BCUT2D eigenvalue weighted by Gasteiger charge is -2.26. The average molecular weight is 319 g/mol. The van der Waals surface area contributed by atoms with Crippen molar-refractivity contribution in [2.24, 2.45) is 11.8 Å². The first-order chi connectivity index (χ1) is 9.20. The first-order valence-corrected chi connectivity index (χ1v) is 8.58. The molecule has 1 aliphatic heterocycles. The van der Waals surface area contributed by atoms with E-state index in [9.17, 15) is 0 Å². The normalized spacial score (nSPS) is 18.5. The zero-order chi connectivity index (χ0) is 13.7. The highest BCUT2D eigenvalue weighted by molar-refractivity contribution is 7.99. The molecule has 5 heteroatoms. The molecule has 1 atom stereocenters. The topological polar surface area (TPSA) is 38.0 Å². The lowest BCUT2D eigenvalue weighted by Crippen LogP contribution is -2.38. The fourth-order valence-electron chi connectivity index (χ4n) is 2.57. The van der Waals surface area contributed by atoms with Gasteiger partial charge in [-0.05, 0) is 54.7 Å². The molecule has 1 aliphatic rings. The number of nitrogens with one attached hydrogen (secondary N) is 1. The SMILES string of the molecule is NNC(Cc1cccc(Cl)c1Cl)CC1CCSCC1. The van der Waals surface area contributed by atoms with Gasteiger partial charge in [-0.3, -0.25) is 11.3 Å². The van der Waals surface area contributed by atoms with Gasteiger partial charge in [0.2, 0.25) is 0 Å². The van der Waals surface area contributed by atoms with Gasteiger partial charge in [0.15, 0.2) is 0 Å². The van der Waals surface area contributed by atoms with Gasteiger partial charge >= 0.3 is 0 Å². The Morgan fingerprint density at radius 2 is 2.05 bits per heavy atom. The third-order valence-electron chi connectivity index (χ3n) is 3.69. The molecule has 2 nitrogen and oxygen atoms in total. The van der Waals surface area contributed by atoms with Crippen LogP contribution < -0.4 is 11.3 Å². The second-order valence-corrected chi connectivity index (χ2v) is 7.08. The maximum Gasteiger partial charge on any atom is 0.0624 e. The summed E-state index contributed by atoms with van der Waals surface area (Å²) in [6.45, 7) is 0. The third-order valence-corrected chi connectivity index (χ3v) is 5.60. The first kappa shape index (κ1) is 15.5. The van der Waals surface area contributed by atoms with Crippen molar-refractivity contribution in [2.45, 2.75) is 31.7 Å². The first-order valence-electron chi connectivity index (χ1n) is 6.67. The number of hydrogen-bond acceptors (Lipinski definition) is 3. The van der Waals surface area contributed by atoms with Crippen LogP contribution in [0.3, 0.4) is 0 Å². The van der Waals surface area contributed by atoms with E-state index >= 15 is 0 Å². The molecule has 2 rings (SSSR count). The number of halogens is 2. The summed E-state index contributed by atoms with van der Waals surface area (Å²) in [5.41, 5.74) is 4.01. The molecule has 1 aromatic rings. The number of benzene rings is 1. The van der Waals surface area contributed by atoms with E-state index in [-0.39, 0.29) is 6.04 Å². The zero-order valence-corrected chi connectivity index (χ0v) is 13.2. The van der Waals surface area contributed by atoms with Crippen LogP contribution in [0.4, 0.5) is 0 Å². The molecule has 1 fully saturated rings. The Labute approximate surface area is 129 Å². The predicted molar refractivity (Wildman–Crippen MR) is 85.9 cm³/mol. The molecule has 1 unspecified atom stereocenters. The van der Waals surface area contributed by atoms with Gasteiger partial charge in [-0.2, -0.15) is 11.8 Å². The molecule has 0 aromatic heterocycles. The minimum atomic E-state index is 0.268. The largest absolute Gasteiger partial charge is 0.271 e. The van der Waals surface area contributed by atoms with Gasteiger partial charge in [-0.1, -0.05) is 35.3 Å². The summed E-state index contributed by atoms with van der Waals surface area (Å²) in [4.78, 5) is 0. The van der Waals surface area contributed by atoms with Crippen LogP contribution in [0.2, 0.25) is 10.0 Å². The fraction of sp³-hybridized carbons (Fsp3) is 0.571. The lowest BCUT2D eigenvalue weighted by molar-refractivity contribution is 0.366. The van der Waals surface area contributed by atoms with E-state index in [1.54, 1.807) is 0 Å². The van der Waals surface area contributed by atoms with Crippen LogP contribution in [0.15, 0.2) is 18.2 Å². The molecule has 1 heterocycles. The Morgan fingerprint density at radius 1 is 1.32 bits per heavy atom. The highest BCUT2D eigenvalue weighted by atomic mass is 35.5. The van der Waals surface area contributed by atoms with Crippen LogP contribution in [0.1, 0.15) is 24.8 Å². The van der Waals surface area contributed by atoms with Gasteiger partial charge in [-0.25, -0.2) is 0 Å². The van der Waals surface area contributed by atoms with E-state index in [1.165, 1.54) is 24.3 Å². The Morgan fingerprint density at radius 3 is 2.74 bits per heavy atom. The van der Waals surface area contributed by atoms with Crippen LogP contribution in [0, 0.1) is 5.92 Å². The van der Waals surface area contributed by atoms with Gasteiger partial charge < -0.3 is 0 Å². The maximum atomic E-state index is 6.23. The van der Waals surface area contributed by atoms with Crippen molar-refractivity contribution >= 4 is 35.0 Å². The molecule has 0 radical (unpaired) electrons. The van der Waals surface area contributed by atoms with Crippen molar-refractivity contribution in [3.63, 3.8) is 0 Å². The molecule has 106 valence electrons. The quantitative estimate of drug-likeness (QED) is 0.638. The summed E-state index contributed by atoms with van der Waals surface area (Å²) in [5, 5.41) is 1.27. The highest BCUT2D eigenvalue weighted by Crippen LogP contribution is 2.29. The molecule has 0 aliphatic carbocycles. The third kappa shape index (κ3) is 4.54. The van der Waals surface area contributed by atoms with Crippen LogP contribution >= 0.6 is 35.0 Å². The summed E-state index contributed by atoms with van der Waals surface area (Å²) in [5.74, 6) is 9.03. The predicted octanol–water partition coefficient (Wildman–Crippen LogP) is 3.90. The van der Waals surface area contributed by atoms with Crippen LogP contribution in [0.5, 0.6) is 0 Å². The molecule has 0 bridgehead atoms. The van der Waals surface area contributed by atoms with Crippen LogP contribution in [-0.4, -0.2) is 17.5 Å². The van der Waals surface area contributed by atoms with Crippen molar-refractivity contribution in [1.82, 2.24) is 5.43 Å². The zero-order valence-electron chi connectivity index (χ0n) is 10.9. The van der Waals surface area contributed by atoms with Crippen LogP contribution in [-0.2, 0) is 6.42 Å². The minimum Gasteiger partial charge on any atom is -0.271 e. The number of thioether (sulfide) groups is 1. The number of rotatable bonds is 5. The van der Waals surface area contributed by atoms with Gasteiger partial charge in [0.1, 0.15) is 0 Å². The Kier molecular flexibility index (Phi) is 6.30. The molecule has 0 spiro atoms. The summed E-state index contributed by atoms with van der Waals surface area (Å²) in [7, 11) is 0. The Bertz CT molecular complexity index is 408. The number of hydrogen-bond donors (Lipinski definition) is 2. The van der Waals surface area contributed by atoms with Crippen molar-refractivity contribution in [3.8, 4) is 0 Å². The number of hydrazine groups is 1. The second-order valence-electron chi connectivity index (χ2n) is 5.07. The smallest absolute Gasteiger partial charge is 0.0624 e. The van der Waals surface area contributed by atoms with E-state index in [4.69, 9.17) is 29.0 Å². The Hall–Kier alpha value is 0.0700. The molecular weight excluding hydrogens is 299 g/mol. The van der Waals surface area contributed by atoms with Gasteiger partial charge in [0.05, 0.1) is 10.0 Å². The lowest BCUT2D eigenvalue weighted by atomic mass is 9.91. The highest BCUT2D eigenvalue weighted by Gasteiger charge is 2.19. The van der Waals surface area contributed by atoms with Crippen molar-refractivity contribution in [1.29, 1.82) is 0 Å². The van der Waals surface area contributed by atoms with Gasteiger partial charge in [0, 0.05) is 6.04 Å². The monoisotopic (exact) mass is 318 g/mol. The summed E-state index contributed by atoms with van der Waals surface area (Å²) in [6, 6.07) is 6.05. The number of nitrogens with two attached hydrogens (primary N) is 1. The van der Waals surface area contributed by atoms with Crippen molar-refractivity contribution < 1.29 is 0 Å². The molecule has 19 heavy (non-hydrogen) atoms. The molecule has 0 saturated carbocycles. The minimum absolute atomic E-state index is 0.268. The second kappa shape index (κ2) is 7.75. The maximum absolute atomic E-state index is 6.23. The molecular formula is C14H20Cl2N2S. The van der Waals surface area contributed by atoms with Gasteiger partial charge in [-0.15, -0.1) is 0 Å². The van der Waals surface area contributed by atoms with Crippen molar-refractivity contribution in [2.75, 3.05) is 11.5 Å². The van der Waals surface area contributed by atoms with E-state index in [2.05, 4.69) is 17.2 Å². The van der Waals surface area contributed by atoms with Crippen LogP contribution in [0.25, 0.3) is 0 Å². The summed E-state index contributed by atoms with van der Waals surface area (Å²) in [6.07, 6.45) is 4.54. The molecule has 3 N–H and O–H groups in total. The fourth-order valence-corrected chi connectivity index (χ4v) is 4.17. The molecule has 1 aromatic carbocycles. The molecule has 0 amide bonds. The average Bonchev–Trinajstić information content (AvgIpc) is 2.44. The van der Waals surface area contributed by atoms with E-state index in [0.717, 1.165) is 24.3 Å².